The number of aromatic nitrogens is 3. The molecule has 8 nitrogen and oxygen atoms in total. The van der Waals surface area contributed by atoms with Crippen LogP contribution in [0.5, 0.6) is 5.75 Å². The molecule has 27 heavy (non-hydrogen) atoms. The van der Waals surface area contributed by atoms with E-state index in [4.69, 9.17) is 4.74 Å². The van der Waals surface area contributed by atoms with Crippen LogP contribution >= 0.6 is 0 Å². The van der Waals surface area contributed by atoms with Crippen LogP contribution in [0, 0.1) is 5.82 Å². The Morgan fingerprint density at radius 1 is 1.37 bits per heavy atom. The molecule has 1 fully saturated rings. The van der Waals surface area contributed by atoms with Crippen molar-refractivity contribution in [3.05, 3.63) is 53.6 Å². The highest BCUT2D eigenvalue weighted by Gasteiger charge is 2.35. The number of anilines is 1. The predicted octanol–water partition coefficient (Wildman–Crippen LogP) is 2.10. The number of carboxylic acids is 1. The Labute approximate surface area is 152 Å². The summed E-state index contributed by atoms with van der Waals surface area (Å²) in [7, 11) is 1.48. The number of carboxylic acid groups (broad SMARTS) is 1. The summed E-state index contributed by atoms with van der Waals surface area (Å²) in [6, 6.07) is 5.33. The van der Waals surface area contributed by atoms with E-state index in [0.717, 1.165) is 0 Å². The Kier molecular flexibility index (Phi) is 3.98. The van der Waals surface area contributed by atoms with Crippen LogP contribution in [0.25, 0.3) is 5.65 Å². The zero-order chi connectivity index (χ0) is 19.1. The molecule has 1 atom stereocenters. The summed E-state index contributed by atoms with van der Waals surface area (Å²) in [6.45, 7) is 0.0874. The molecular weight excluding hydrogens is 355 g/mol. The Hall–Kier alpha value is -3.49. The van der Waals surface area contributed by atoms with Gasteiger partial charge < -0.3 is 14.7 Å². The van der Waals surface area contributed by atoms with Crippen LogP contribution in [0.3, 0.4) is 0 Å². The number of benzene rings is 1. The van der Waals surface area contributed by atoms with Crippen molar-refractivity contribution in [3.63, 3.8) is 0 Å². The molecule has 1 N–H and O–H groups in total. The van der Waals surface area contributed by atoms with Gasteiger partial charge in [0.1, 0.15) is 22.9 Å². The second-order valence-corrected chi connectivity index (χ2v) is 6.19. The van der Waals surface area contributed by atoms with Crippen LogP contribution in [0.4, 0.5) is 10.2 Å². The summed E-state index contributed by atoms with van der Waals surface area (Å²) in [5, 5.41) is 13.2. The van der Waals surface area contributed by atoms with Crippen molar-refractivity contribution < 1.29 is 23.8 Å². The highest BCUT2D eigenvalue weighted by atomic mass is 19.1. The summed E-state index contributed by atoms with van der Waals surface area (Å²) in [6.07, 6.45) is 2.97. The van der Waals surface area contributed by atoms with Crippen molar-refractivity contribution in [2.45, 2.75) is 12.5 Å². The number of fused-ring (bicyclic) bond motifs is 1. The Balaban J connectivity index is 1.81. The predicted molar refractivity (Wildman–Crippen MR) is 92.6 cm³/mol. The normalized spacial score (nSPS) is 16.9. The lowest BCUT2D eigenvalue weighted by Gasteiger charge is -2.26. The lowest BCUT2D eigenvalue weighted by atomic mass is 10.0. The van der Waals surface area contributed by atoms with Crippen LogP contribution < -0.4 is 9.64 Å². The second-order valence-electron chi connectivity index (χ2n) is 6.19. The first-order chi connectivity index (χ1) is 13.0. The zero-order valence-electron chi connectivity index (χ0n) is 14.3. The van der Waals surface area contributed by atoms with E-state index in [0.29, 0.717) is 17.1 Å². The number of carbonyl (C=O) groups is 2. The number of hydrogen-bond donors (Lipinski definition) is 1. The van der Waals surface area contributed by atoms with Gasteiger partial charge in [-0.1, -0.05) is 0 Å². The standard InChI is InChI=1S/C18H15FN4O4/c1-27-15-3-2-10(19)6-12(15)14-7-11(24)9-22(14)16-4-5-23-17(21-16)13(8-20-23)18(25)26/h2-6,8,14H,7,9H2,1H3,(H,25,26). The van der Waals surface area contributed by atoms with E-state index < -0.39 is 17.8 Å². The van der Waals surface area contributed by atoms with Gasteiger partial charge >= 0.3 is 5.97 Å². The monoisotopic (exact) mass is 370 g/mol. The molecule has 1 aromatic carbocycles. The number of nitrogens with zero attached hydrogens (tertiary/aromatic N) is 4. The molecule has 2 aromatic heterocycles. The Morgan fingerprint density at radius 3 is 2.93 bits per heavy atom. The molecule has 1 unspecified atom stereocenters. The summed E-state index contributed by atoms with van der Waals surface area (Å²) in [5.74, 6) is -0.724. The molecule has 0 aliphatic carbocycles. The lowest BCUT2D eigenvalue weighted by Crippen LogP contribution is -2.25. The number of Topliss-reactive ketones (excluding diaryl/α,β-unsaturated/α-hetero) is 1. The van der Waals surface area contributed by atoms with Gasteiger partial charge in [0.15, 0.2) is 11.4 Å². The molecule has 0 bridgehead atoms. The van der Waals surface area contributed by atoms with Crippen LogP contribution in [0.1, 0.15) is 28.4 Å². The van der Waals surface area contributed by atoms with E-state index >= 15 is 0 Å². The lowest BCUT2D eigenvalue weighted by molar-refractivity contribution is -0.116. The largest absolute Gasteiger partial charge is 0.496 e. The van der Waals surface area contributed by atoms with E-state index in [2.05, 4.69) is 10.1 Å². The van der Waals surface area contributed by atoms with Gasteiger partial charge in [-0.15, -0.1) is 0 Å². The van der Waals surface area contributed by atoms with E-state index in [1.807, 2.05) is 0 Å². The molecule has 1 aliphatic heterocycles. The summed E-state index contributed by atoms with van der Waals surface area (Å²) in [4.78, 5) is 29.6. The van der Waals surface area contributed by atoms with Crippen molar-refractivity contribution in [2.24, 2.45) is 0 Å². The molecule has 0 saturated carbocycles. The van der Waals surface area contributed by atoms with Gasteiger partial charge in [0.05, 0.1) is 25.9 Å². The van der Waals surface area contributed by atoms with E-state index in [-0.39, 0.29) is 30.0 Å². The summed E-state index contributed by atoms with van der Waals surface area (Å²) < 4.78 is 20.5. The fourth-order valence-corrected chi connectivity index (χ4v) is 3.34. The molecular formula is C18H15FN4O4. The van der Waals surface area contributed by atoms with Crippen molar-refractivity contribution in [1.82, 2.24) is 14.6 Å². The summed E-state index contributed by atoms with van der Waals surface area (Å²) in [5.41, 5.74) is 0.670. The fourth-order valence-electron chi connectivity index (χ4n) is 3.34. The molecule has 9 heteroatoms. The first-order valence-electron chi connectivity index (χ1n) is 8.17. The van der Waals surface area contributed by atoms with Crippen molar-refractivity contribution >= 4 is 23.2 Å². The minimum Gasteiger partial charge on any atom is -0.496 e. The first-order valence-corrected chi connectivity index (χ1v) is 8.17. The number of hydrogen-bond acceptors (Lipinski definition) is 6. The number of rotatable bonds is 4. The van der Waals surface area contributed by atoms with Gasteiger partial charge in [-0.2, -0.15) is 5.10 Å². The highest BCUT2D eigenvalue weighted by molar-refractivity contribution is 5.94. The van der Waals surface area contributed by atoms with Crippen LogP contribution in [-0.4, -0.2) is 45.1 Å². The molecule has 0 amide bonds. The third-order valence-electron chi connectivity index (χ3n) is 4.57. The quantitative estimate of drug-likeness (QED) is 0.751. The van der Waals surface area contributed by atoms with Crippen LogP contribution in [0.15, 0.2) is 36.7 Å². The fraction of sp³-hybridized carbons (Fsp3) is 0.222. The number of ether oxygens (including phenoxy) is 1. The molecule has 1 saturated heterocycles. The summed E-state index contributed by atoms with van der Waals surface area (Å²) >= 11 is 0. The van der Waals surface area contributed by atoms with Gasteiger partial charge in [0.2, 0.25) is 0 Å². The molecule has 1 aliphatic rings. The highest BCUT2D eigenvalue weighted by Crippen LogP contribution is 2.38. The average Bonchev–Trinajstić information content (AvgIpc) is 3.24. The van der Waals surface area contributed by atoms with Gasteiger partial charge in [0, 0.05) is 18.2 Å². The van der Waals surface area contributed by atoms with Crippen molar-refractivity contribution in [3.8, 4) is 5.75 Å². The number of methoxy groups -OCH3 is 1. The van der Waals surface area contributed by atoms with Gasteiger partial charge in [0.25, 0.3) is 0 Å². The van der Waals surface area contributed by atoms with E-state index in [9.17, 15) is 19.1 Å². The maximum Gasteiger partial charge on any atom is 0.341 e. The molecule has 3 aromatic rings. The third-order valence-corrected chi connectivity index (χ3v) is 4.57. The maximum atomic E-state index is 13.8. The number of ketones is 1. The van der Waals surface area contributed by atoms with Gasteiger partial charge in [-0.05, 0) is 24.3 Å². The first kappa shape index (κ1) is 17.0. The van der Waals surface area contributed by atoms with Gasteiger partial charge in [-0.25, -0.2) is 18.7 Å². The molecule has 4 rings (SSSR count). The Bertz CT molecular complexity index is 1060. The van der Waals surface area contributed by atoms with Crippen molar-refractivity contribution in [1.29, 1.82) is 0 Å². The second kappa shape index (κ2) is 6.35. The average molecular weight is 370 g/mol. The van der Waals surface area contributed by atoms with Crippen LogP contribution in [-0.2, 0) is 4.79 Å². The molecule has 0 spiro atoms. The maximum absolute atomic E-state index is 13.8. The topological polar surface area (TPSA) is 97.0 Å². The minimum absolute atomic E-state index is 0.0278. The molecule has 138 valence electrons. The zero-order valence-corrected chi connectivity index (χ0v) is 14.3. The SMILES string of the molecule is COc1ccc(F)cc1C1CC(=O)CN1c1ccn2ncc(C(=O)O)c2n1. The van der Waals surface area contributed by atoms with Crippen molar-refractivity contribution in [2.75, 3.05) is 18.6 Å². The number of aromatic carboxylic acids is 1. The van der Waals surface area contributed by atoms with E-state index in [1.54, 1.807) is 17.2 Å². The number of halogens is 1. The van der Waals surface area contributed by atoms with Crippen LogP contribution in [0.2, 0.25) is 0 Å². The number of carbonyl (C=O) groups excluding carboxylic acids is 1. The van der Waals surface area contributed by atoms with E-state index in [1.165, 1.54) is 36.0 Å². The Morgan fingerprint density at radius 2 is 2.19 bits per heavy atom. The molecule has 0 radical (unpaired) electrons. The minimum atomic E-state index is -1.14. The van der Waals surface area contributed by atoms with Gasteiger partial charge in [-0.3, -0.25) is 4.79 Å². The smallest absolute Gasteiger partial charge is 0.341 e. The molecule has 3 heterocycles. The third kappa shape index (κ3) is 2.86.